The number of nitrogens with two attached hydrogens (primary N) is 1. The predicted octanol–water partition coefficient (Wildman–Crippen LogP) is 3.30. The van der Waals surface area contributed by atoms with Crippen LogP contribution in [-0.4, -0.2) is 7.11 Å². The van der Waals surface area contributed by atoms with E-state index >= 15 is 0 Å². The Kier molecular flexibility index (Phi) is 3.75. The largest absolute Gasteiger partial charge is 0.495 e. The number of anilines is 1. The highest BCUT2D eigenvalue weighted by molar-refractivity contribution is 7.99. The Morgan fingerprint density at radius 2 is 1.78 bits per heavy atom. The molecule has 18 heavy (non-hydrogen) atoms. The van der Waals surface area contributed by atoms with Crippen LogP contribution in [0.15, 0.2) is 52.3 Å². The topological polar surface area (TPSA) is 59.0 Å². The van der Waals surface area contributed by atoms with Gasteiger partial charge in [0.1, 0.15) is 11.8 Å². The van der Waals surface area contributed by atoms with Crippen LogP contribution in [0.25, 0.3) is 0 Å². The number of methoxy groups -OCH3 is 1. The minimum Gasteiger partial charge on any atom is -0.495 e. The zero-order valence-corrected chi connectivity index (χ0v) is 10.7. The van der Waals surface area contributed by atoms with Crippen LogP contribution in [0.5, 0.6) is 5.75 Å². The molecular formula is C14H12N2OS. The number of hydrogen-bond donors (Lipinski definition) is 1. The highest BCUT2D eigenvalue weighted by atomic mass is 32.2. The molecule has 3 nitrogen and oxygen atoms in total. The first-order chi connectivity index (χ1) is 8.72. The van der Waals surface area contributed by atoms with Crippen molar-refractivity contribution in [2.24, 2.45) is 0 Å². The van der Waals surface area contributed by atoms with Crippen molar-refractivity contribution in [1.82, 2.24) is 0 Å². The van der Waals surface area contributed by atoms with E-state index in [1.165, 1.54) is 0 Å². The maximum atomic E-state index is 8.91. The molecule has 4 heteroatoms. The Balaban J connectivity index is 2.25. The van der Waals surface area contributed by atoms with Crippen molar-refractivity contribution in [3.63, 3.8) is 0 Å². The van der Waals surface area contributed by atoms with Crippen molar-refractivity contribution in [3.8, 4) is 11.8 Å². The first kappa shape index (κ1) is 12.3. The molecule has 90 valence electrons. The number of nitrogens with zero attached hydrogens (tertiary/aromatic N) is 1. The summed E-state index contributed by atoms with van der Waals surface area (Å²) in [5.41, 5.74) is 6.93. The van der Waals surface area contributed by atoms with Gasteiger partial charge in [-0.15, -0.1) is 0 Å². The average molecular weight is 256 g/mol. The van der Waals surface area contributed by atoms with Gasteiger partial charge >= 0.3 is 0 Å². The van der Waals surface area contributed by atoms with Crippen molar-refractivity contribution in [1.29, 1.82) is 5.26 Å². The van der Waals surface area contributed by atoms with Crippen molar-refractivity contribution < 1.29 is 4.74 Å². The monoisotopic (exact) mass is 256 g/mol. The summed E-state index contributed by atoms with van der Waals surface area (Å²) in [5.74, 6) is 0.595. The van der Waals surface area contributed by atoms with E-state index in [2.05, 4.69) is 6.07 Å². The number of nitrogen functional groups attached to an aromatic ring is 1. The van der Waals surface area contributed by atoms with Gasteiger partial charge in [0, 0.05) is 15.5 Å². The molecule has 0 aliphatic carbocycles. The zero-order chi connectivity index (χ0) is 13.0. The molecule has 2 rings (SSSR count). The normalized spacial score (nSPS) is 9.78. The van der Waals surface area contributed by atoms with Crippen LogP contribution in [0.4, 0.5) is 5.69 Å². The van der Waals surface area contributed by atoms with E-state index in [-0.39, 0.29) is 0 Å². The van der Waals surface area contributed by atoms with E-state index in [9.17, 15) is 0 Å². The van der Waals surface area contributed by atoms with Crippen LogP contribution in [0.1, 0.15) is 5.56 Å². The van der Waals surface area contributed by atoms with Gasteiger partial charge in [0.15, 0.2) is 0 Å². The molecule has 0 fully saturated rings. The molecule has 0 radical (unpaired) electrons. The Bertz CT molecular complexity index is 588. The molecule has 0 heterocycles. The quantitative estimate of drug-likeness (QED) is 0.856. The van der Waals surface area contributed by atoms with Crippen LogP contribution in [0.3, 0.4) is 0 Å². The van der Waals surface area contributed by atoms with E-state index in [0.717, 1.165) is 15.5 Å². The van der Waals surface area contributed by atoms with Crippen LogP contribution < -0.4 is 10.5 Å². The minimum absolute atomic E-state index is 0.541. The summed E-state index contributed by atoms with van der Waals surface area (Å²) in [4.78, 5) is 2.12. The lowest BCUT2D eigenvalue weighted by Crippen LogP contribution is -1.88. The molecule has 2 N–H and O–H groups in total. The summed E-state index contributed by atoms with van der Waals surface area (Å²) in [6.45, 7) is 0. The van der Waals surface area contributed by atoms with Gasteiger partial charge in [-0.25, -0.2) is 0 Å². The van der Waals surface area contributed by atoms with Crippen LogP contribution in [0.2, 0.25) is 0 Å². The van der Waals surface area contributed by atoms with Crippen molar-refractivity contribution >= 4 is 17.4 Å². The lowest BCUT2D eigenvalue weighted by molar-refractivity contribution is 0.412. The molecule has 0 saturated heterocycles. The summed E-state index contributed by atoms with van der Waals surface area (Å²) < 4.78 is 5.18. The second-order valence-corrected chi connectivity index (χ2v) is 4.79. The summed E-state index contributed by atoms with van der Waals surface area (Å²) in [6.07, 6.45) is 0. The van der Waals surface area contributed by atoms with E-state index in [4.69, 9.17) is 15.7 Å². The SMILES string of the molecule is COc1cc(Sc2ccc(N)cc2)ccc1C#N. The molecule has 0 unspecified atom stereocenters. The molecule has 0 atom stereocenters. The van der Waals surface area contributed by atoms with Gasteiger partial charge in [-0.3, -0.25) is 0 Å². The first-order valence-electron chi connectivity index (χ1n) is 5.34. The summed E-state index contributed by atoms with van der Waals surface area (Å²) in [5, 5.41) is 8.91. The van der Waals surface area contributed by atoms with Crippen molar-refractivity contribution in [2.45, 2.75) is 9.79 Å². The lowest BCUT2D eigenvalue weighted by Gasteiger charge is -2.06. The Morgan fingerprint density at radius 3 is 2.39 bits per heavy atom. The standard InChI is InChI=1S/C14H12N2OS/c1-17-14-8-13(5-2-10(14)9-15)18-12-6-3-11(16)4-7-12/h2-8H,16H2,1H3. The van der Waals surface area contributed by atoms with Crippen molar-refractivity contribution in [2.75, 3.05) is 12.8 Å². The van der Waals surface area contributed by atoms with Gasteiger partial charge in [-0.05, 0) is 42.5 Å². The third kappa shape index (κ3) is 2.76. The number of rotatable bonds is 3. The van der Waals surface area contributed by atoms with E-state index in [1.807, 2.05) is 36.4 Å². The lowest BCUT2D eigenvalue weighted by atomic mass is 10.2. The minimum atomic E-state index is 0.541. The molecule has 0 aromatic heterocycles. The zero-order valence-electron chi connectivity index (χ0n) is 9.88. The fourth-order valence-electron chi connectivity index (χ4n) is 1.50. The van der Waals surface area contributed by atoms with Crippen molar-refractivity contribution in [3.05, 3.63) is 48.0 Å². The number of benzene rings is 2. The van der Waals surface area contributed by atoms with Gasteiger partial charge < -0.3 is 10.5 Å². The van der Waals surface area contributed by atoms with Gasteiger partial charge in [0.2, 0.25) is 0 Å². The third-order valence-electron chi connectivity index (χ3n) is 2.41. The summed E-state index contributed by atoms with van der Waals surface area (Å²) >= 11 is 1.60. The van der Waals surface area contributed by atoms with E-state index in [0.29, 0.717) is 11.3 Å². The second-order valence-electron chi connectivity index (χ2n) is 3.64. The molecule has 0 aliphatic heterocycles. The number of nitriles is 1. The smallest absolute Gasteiger partial charge is 0.137 e. The van der Waals surface area contributed by atoms with Gasteiger partial charge in [0.25, 0.3) is 0 Å². The van der Waals surface area contributed by atoms with Crippen LogP contribution >= 0.6 is 11.8 Å². The molecule has 0 amide bonds. The molecule has 0 saturated carbocycles. The molecule has 0 aliphatic rings. The van der Waals surface area contributed by atoms with Gasteiger partial charge in [-0.1, -0.05) is 11.8 Å². The van der Waals surface area contributed by atoms with Crippen LogP contribution in [0, 0.1) is 11.3 Å². The molecule has 2 aromatic carbocycles. The van der Waals surface area contributed by atoms with Crippen LogP contribution in [-0.2, 0) is 0 Å². The van der Waals surface area contributed by atoms with E-state index in [1.54, 1.807) is 24.9 Å². The average Bonchev–Trinajstić information content (AvgIpc) is 2.41. The Hall–Kier alpha value is -2.12. The second kappa shape index (κ2) is 5.48. The maximum absolute atomic E-state index is 8.91. The fraction of sp³-hybridized carbons (Fsp3) is 0.0714. The highest BCUT2D eigenvalue weighted by Gasteiger charge is 2.04. The summed E-state index contributed by atoms with van der Waals surface area (Å²) in [6, 6.07) is 15.3. The number of hydrogen-bond acceptors (Lipinski definition) is 4. The fourth-order valence-corrected chi connectivity index (χ4v) is 2.35. The molecule has 0 spiro atoms. The third-order valence-corrected chi connectivity index (χ3v) is 3.41. The molecule has 0 bridgehead atoms. The number of ether oxygens (including phenoxy) is 1. The molecular weight excluding hydrogens is 244 g/mol. The van der Waals surface area contributed by atoms with Gasteiger partial charge in [-0.2, -0.15) is 5.26 Å². The first-order valence-corrected chi connectivity index (χ1v) is 6.16. The predicted molar refractivity (Wildman–Crippen MR) is 72.7 cm³/mol. The Morgan fingerprint density at radius 1 is 1.11 bits per heavy atom. The summed E-state index contributed by atoms with van der Waals surface area (Å²) in [7, 11) is 1.56. The van der Waals surface area contributed by atoms with Gasteiger partial charge in [0.05, 0.1) is 12.7 Å². The highest BCUT2D eigenvalue weighted by Crippen LogP contribution is 2.31. The Labute approximate surface area is 110 Å². The van der Waals surface area contributed by atoms with E-state index < -0.39 is 0 Å². The molecule has 2 aromatic rings. The maximum Gasteiger partial charge on any atom is 0.137 e.